The molecule has 0 fully saturated rings. The molecular weight excluding hydrogens is 379 g/mol. The fourth-order valence-corrected chi connectivity index (χ4v) is 6.45. The summed E-state index contributed by atoms with van der Waals surface area (Å²) in [5, 5.41) is -1.31. The van der Waals surface area contributed by atoms with Gasteiger partial charge in [-0.1, -0.05) is 98.2 Å². The molecule has 1 aliphatic rings. The van der Waals surface area contributed by atoms with Gasteiger partial charge in [-0.2, -0.15) is 0 Å². The molecule has 0 heterocycles. The van der Waals surface area contributed by atoms with Gasteiger partial charge in [0.1, 0.15) is 5.16 Å². The maximum atomic E-state index is 13.3. The zero-order valence-electron chi connectivity index (χ0n) is 19.0. The summed E-state index contributed by atoms with van der Waals surface area (Å²) < 4.78 is 13.3. The number of hydrogen-bond acceptors (Lipinski definition) is 1. The first-order valence-electron chi connectivity index (χ1n) is 10.5. The van der Waals surface area contributed by atoms with Crippen molar-refractivity contribution in [3.63, 3.8) is 0 Å². The normalized spacial score (nSPS) is 17.0. The van der Waals surface area contributed by atoms with Crippen LogP contribution in [0.4, 0.5) is 0 Å². The van der Waals surface area contributed by atoms with Crippen molar-refractivity contribution in [3.8, 4) is 11.1 Å². The molecule has 158 valence electrons. The van der Waals surface area contributed by atoms with E-state index >= 15 is 0 Å². The Balaban J connectivity index is 2.48. The standard InChI is InChI=1S/C25H35O3P/c1-9-16(2)25(29(26,27)28)21-14-17(23(3,4)5)10-12-19(21)20-13-11-18(15-22(20)25)24(6,7)8/h10-16H,9H2,1-8H3,(H2,26,27,28). The van der Waals surface area contributed by atoms with Crippen LogP contribution in [0.5, 0.6) is 0 Å². The Hall–Kier alpha value is -1.41. The smallest absolute Gasteiger partial charge is 0.324 e. The van der Waals surface area contributed by atoms with Gasteiger partial charge in [0, 0.05) is 0 Å². The van der Waals surface area contributed by atoms with Crippen LogP contribution in [0.1, 0.15) is 84.1 Å². The summed E-state index contributed by atoms with van der Waals surface area (Å²) in [6, 6.07) is 12.4. The Morgan fingerprint density at radius 1 is 0.862 bits per heavy atom. The molecule has 0 bridgehead atoms. The lowest BCUT2D eigenvalue weighted by Gasteiger charge is -2.39. The zero-order chi connectivity index (χ0) is 22.0. The minimum absolute atomic E-state index is 0.101. The molecule has 0 aromatic heterocycles. The molecule has 0 aliphatic heterocycles. The molecule has 2 N–H and O–H groups in total. The molecule has 1 aliphatic carbocycles. The molecule has 0 radical (unpaired) electrons. The minimum atomic E-state index is -4.53. The Labute approximate surface area is 175 Å². The Morgan fingerprint density at radius 2 is 1.24 bits per heavy atom. The number of fused-ring (bicyclic) bond motifs is 3. The van der Waals surface area contributed by atoms with Crippen LogP contribution in [0, 0.1) is 5.92 Å². The van der Waals surface area contributed by atoms with Crippen LogP contribution in [0.3, 0.4) is 0 Å². The molecule has 4 heteroatoms. The molecule has 3 nitrogen and oxygen atoms in total. The van der Waals surface area contributed by atoms with Crippen molar-refractivity contribution < 1.29 is 14.4 Å². The second-order valence-electron chi connectivity index (χ2n) is 10.6. The van der Waals surface area contributed by atoms with E-state index in [-0.39, 0.29) is 16.7 Å². The molecular formula is C25H35O3P. The first kappa shape index (κ1) is 22.3. The maximum Gasteiger partial charge on any atom is 0.340 e. The minimum Gasteiger partial charge on any atom is -0.324 e. The van der Waals surface area contributed by atoms with Gasteiger partial charge in [-0.15, -0.1) is 0 Å². The third kappa shape index (κ3) is 3.32. The fraction of sp³-hybridized carbons (Fsp3) is 0.520. The van der Waals surface area contributed by atoms with Crippen LogP contribution >= 0.6 is 7.60 Å². The highest BCUT2D eigenvalue weighted by Gasteiger charge is 2.58. The highest BCUT2D eigenvalue weighted by molar-refractivity contribution is 7.53. The van der Waals surface area contributed by atoms with Gasteiger partial charge < -0.3 is 9.79 Å². The average Bonchev–Trinajstić information content (AvgIpc) is 2.89. The van der Waals surface area contributed by atoms with E-state index in [4.69, 9.17) is 0 Å². The molecule has 0 spiro atoms. The van der Waals surface area contributed by atoms with Crippen molar-refractivity contribution in [2.45, 2.75) is 77.8 Å². The van der Waals surface area contributed by atoms with Crippen LogP contribution < -0.4 is 0 Å². The first-order chi connectivity index (χ1) is 13.2. The number of benzene rings is 2. The molecule has 2 aromatic rings. The summed E-state index contributed by atoms with van der Waals surface area (Å²) in [6.07, 6.45) is 0.684. The lowest BCUT2D eigenvalue weighted by atomic mass is 9.78. The maximum absolute atomic E-state index is 13.3. The summed E-state index contributed by atoms with van der Waals surface area (Å²) in [7, 11) is -4.53. The van der Waals surface area contributed by atoms with E-state index in [2.05, 4.69) is 77.9 Å². The van der Waals surface area contributed by atoms with Gasteiger partial charge in [0.2, 0.25) is 0 Å². The second-order valence-corrected chi connectivity index (χ2v) is 12.4. The van der Waals surface area contributed by atoms with Crippen molar-refractivity contribution in [3.05, 3.63) is 58.7 Å². The van der Waals surface area contributed by atoms with E-state index in [0.717, 1.165) is 33.4 Å². The van der Waals surface area contributed by atoms with E-state index in [0.29, 0.717) is 6.42 Å². The van der Waals surface area contributed by atoms with Crippen molar-refractivity contribution >= 4 is 7.60 Å². The third-order valence-electron chi connectivity index (χ3n) is 6.67. The highest BCUT2D eigenvalue weighted by atomic mass is 31.2. The number of rotatable bonds is 3. The van der Waals surface area contributed by atoms with Crippen molar-refractivity contribution in [1.82, 2.24) is 0 Å². The summed E-state index contributed by atoms with van der Waals surface area (Å²) in [5.41, 5.74) is 5.48. The summed E-state index contributed by atoms with van der Waals surface area (Å²) in [5.74, 6) is -0.200. The molecule has 3 rings (SSSR count). The van der Waals surface area contributed by atoms with Crippen LogP contribution in [-0.4, -0.2) is 9.79 Å². The first-order valence-corrected chi connectivity index (χ1v) is 12.1. The summed E-state index contributed by atoms with van der Waals surface area (Å²) in [4.78, 5) is 21.7. The summed E-state index contributed by atoms with van der Waals surface area (Å²) in [6.45, 7) is 16.8. The monoisotopic (exact) mass is 414 g/mol. The topological polar surface area (TPSA) is 57.5 Å². The van der Waals surface area contributed by atoms with Gasteiger partial charge in [0.05, 0.1) is 0 Å². The Morgan fingerprint density at radius 3 is 1.52 bits per heavy atom. The van der Waals surface area contributed by atoms with E-state index in [1.165, 1.54) is 0 Å². The van der Waals surface area contributed by atoms with Crippen LogP contribution in [0.2, 0.25) is 0 Å². The van der Waals surface area contributed by atoms with Crippen LogP contribution in [-0.2, 0) is 20.6 Å². The van der Waals surface area contributed by atoms with Gasteiger partial charge >= 0.3 is 7.60 Å². The van der Waals surface area contributed by atoms with Crippen molar-refractivity contribution in [2.24, 2.45) is 5.92 Å². The predicted molar refractivity (Wildman–Crippen MR) is 122 cm³/mol. The van der Waals surface area contributed by atoms with Gasteiger partial charge in [-0.05, 0) is 50.1 Å². The third-order valence-corrected chi connectivity index (χ3v) is 8.51. The molecule has 29 heavy (non-hydrogen) atoms. The molecule has 0 saturated carbocycles. The Kier molecular flexibility index (Phi) is 5.23. The molecule has 0 saturated heterocycles. The fourth-order valence-electron chi connectivity index (χ4n) is 4.69. The molecule has 0 amide bonds. The van der Waals surface area contributed by atoms with Crippen molar-refractivity contribution in [1.29, 1.82) is 0 Å². The summed E-state index contributed by atoms with van der Waals surface area (Å²) >= 11 is 0. The molecule has 1 unspecified atom stereocenters. The highest BCUT2D eigenvalue weighted by Crippen LogP contribution is 2.71. The van der Waals surface area contributed by atoms with E-state index in [1.807, 2.05) is 13.8 Å². The van der Waals surface area contributed by atoms with E-state index < -0.39 is 12.8 Å². The lowest BCUT2D eigenvalue weighted by Crippen LogP contribution is -2.33. The van der Waals surface area contributed by atoms with Gasteiger partial charge in [0.25, 0.3) is 0 Å². The zero-order valence-corrected chi connectivity index (χ0v) is 19.9. The molecule has 1 atom stereocenters. The van der Waals surface area contributed by atoms with E-state index in [9.17, 15) is 14.4 Å². The van der Waals surface area contributed by atoms with Gasteiger partial charge in [-0.25, -0.2) is 0 Å². The average molecular weight is 415 g/mol. The largest absolute Gasteiger partial charge is 0.340 e. The molecule has 2 aromatic carbocycles. The van der Waals surface area contributed by atoms with E-state index in [1.54, 1.807) is 0 Å². The number of hydrogen-bond donors (Lipinski definition) is 2. The lowest BCUT2D eigenvalue weighted by molar-refractivity contribution is 0.302. The Bertz CT molecular complexity index is 923. The SMILES string of the molecule is CCC(C)C1(P(=O)(O)O)c2cc(C(C)(C)C)ccc2-c2ccc(C(C)(C)C)cc21. The second kappa shape index (κ2) is 6.80. The predicted octanol–water partition coefficient (Wildman–Crippen LogP) is 6.73. The quantitative estimate of drug-likeness (QED) is 0.548. The van der Waals surface area contributed by atoms with Crippen molar-refractivity contribution in [2.75, 3.05) is 0 Å². The van der Waals surface area contributed by atoms with Gasteiger partial charge in [-0.3, -0.25) is 4.57 Å². The van der Waals surface area contributed by atoms with Crippen LogP contribution in [0.15, 0.2) is 36.4 Å². The van der Waals surface area contributed by atoms with Gasteiger partial charge in [0.15, 0.2) is 0 Å². The van der Waals surface area contributed by atoms with Crippen LogP contribution in [0.25, 0.3) is 11.1 Å².